The molecule has 2 heterocycles. The number of anilines is 1. The maximum Gasteiger partial charge on any atom is 0.268 e. The lowest BCUT2D eigenvalue weighted by molar-refractivity contribution is -0.132. The van der Waals surface area contributed by atoms with Crippen LogP contribution in [0.5, 0.6) is 0 Å². The van der Waals surface area contributed by atoms with Gasteiger partial charge in [0.25, 0.3) is 5.91 Å². The number of amides is 1. The van der Waals surface area contributed by atoms with Crippen molar-refractivity contribution in [1.82, 2.24) is 10.2 Å². The lowest BCUT2D eigenvalue weighted by Gasteiger charge is -2.40. The minimum Gasteiger partial charge on any atom is -0.314 e. The predicted octanol–water partition coefficient (Wildman–Crippen LogP) is 1.58. The molecule has 0 saturated carbocycles. The summed E-state index contributed by atoms with van der Waals surface area (Å²) < 4.78 is 0. The van der Waals surface area contributed by atoms with E-state index < -0.39 is 0 Å². The van der Waals surface area contributed by atoms with E-state index in [0.717, 1.165) is 51.1 Å². The van der Waals surface area contributed by atoms with Crippen LogP contribution in [0.2, 0.25) is 0 Å². The molecular weight excluding hydrogens is 278 g/mol. The van der Waals surface area contributed by atoms with Crippen LogP contribution in [0.1, 0.15) is 25.3 Å². The van der Waals surface area contributed by atoms with Gasteiger partial charge in [0.2, 0.25) is 0 Å². The predicted molar refractivity (Wildman–Crippen MR) is 86.7 cm³/mol. The van der Waals surface area contributed by atoms with Crippen LogP contribution in [0.3, 0.4) is 0 Å². The molecule has 1 aromatic rings. The van der Waals surface area contributed by atoms with Crippen LogP contribution in [0.4, 0.5) is 5.69 Å². The molecule has 1 N–H and O–H groups in total. The fourth-order valence-electron chi connectivity index (χ4n) is 3.14. The summed E-state index contributed by atoms with van der Waals surface area (Å²) in [5.41, 5.74) is 2.11. The molecule has 1 saturated heterocycles. The van der Waals surface area contributed by atoms with E-state index in [4.69, 9.17) is 4.84 Å². The molecule has 2 aliphatic rings. The number of piperazine rings is 1. The Bertz CT molecular complexity index is 514. The Morgan fingerprint density at radius 1 is 1.27 bits per heavy atom. The maximum absolute atomic E-state index is 12.9. The molecule has 5 heteroatoms. The summed E-state index contributed by atoms with van der Waals surface area (Å²) in [6.45, 7) is 6.44. The second-order valence-corrected chi connectivity index (χ2v) is 5.95. The fraction of sp³-hybridized carbons (Fsp3) is 0.588. The topological polar surface area (TPSA) is 44.8 Å². The van der Waals surface area contributed by atoms with Crippen LogP contribution in [0, 0.1) is 0 Å². The average Bonchev–Trinajstić information content (AvgIpc) is 2.57. The zero-order valence-electron chi connectivity index (χ0n) is 13.3. The van der Waals surface area contributed by atoms with Gasteiger partial charge in [-0.15, -0.1) is 0 Å². The highest BCUT2D eigenvalue weighted by atomic mass is 16.7. The lowest BCUT2D eigenvalue weighted by atomic mass is 9.97. The van der Waals surface area contributed by atoms with Crippen molar-refractivity contribution in [2.75, 3.05) is 37.8 Å². The van der Waals surface area contributed by atoms with Gasteiger partial charge in [-0.1, -0.05) is 31.5 Å². The number of nitrogens with zero attached hydrogens (tertiary/aromatic N) is 2. The molecule has 1 fully saturated rings. The van der Waals surface area contributed by atoms with Crippen molar-refractivity contribution >= 4 is 11.6 Å². The number of fused-ring (bicyclic) bond motifs is 1. The average molecular weight is 303 g/mol. The van der Waals surface area contributed by atoms with E-state index in [2.05, 4.69) is 23.2 Å². The molecule has 0 radical (unpaired) electrons. The Hall–Kier alpha value is -1.43. The van der Waals surface area contributed by atoms with Gasteiger partial charge in [-0.2, -0.15) is 5.06 Å². The molecule has 22 heavy (non-hydrogen) atoms. The van der Waals surface area contributed by atoms with E-state index in [9.17, 15) is 4.79 Å². The van der Waals surface area contributed by atoms with E-state index in [1.54, 1.807) is 5.06 Å². The number of hydroxylamine groups is 1. The van der Waals surface area contributed by atoms with Gasteiger partial charge >= 0.3 is 0 Å². The SMILES string of the molecule is CCCCON1C(=O)C(N2CCNCC2)Cc2ccccc21. The van der Waals surface area contributed by atoms with Crippen LogP contribution < -0.4 is 10.4 Å². The standard InChI is InChI=1S/C17H25N3O2/c1-2-3-12-22-20-15-7-5-4-6-14(15)13-16(17(20)21)19-10-8-18-9-11-19/h4-7,16,18H,2-3,8-13H2,1H3. The van der Waals surface area contributed by atoms with Gasteiger partial charge in [0.05, 0.1) is 18.3 Å². The van der Waals surface area contributed by atoms with Crippen molar-refractivity contribution in [3.63, 3.8) is 0 Å². The van der Waals surface area contributed by atoms with Gasteiger partial charge in [0, 0.05) is 26.2 Å². The number of benzene rings is 1. The summed E-state index contributed by atoms with van der Waals surface area (Å²) in [5, 5.41) is 4.89. The molecule has 1 unspecified atom stereocenters. The summed E-state index contributed by atoms with van der Waals surface area (Å²) in [4.78, 5) is 21.0. The Kier molecular flexibility index (Phi) is 5.08. The first-order valence-corrected chi connectivity index (χ1v) is 8.31. The monoisotopic (exact) mass is 303 g/mol. The van der Waals surface area contributed by atoms with Gasteiger partial charge in [-0.25, -0.2) is 0 Å². The Morgan fingerprint density at radius 2 is 2.05 bits per heavy atom. The lowest BCUT2D eigenvalue weighted by Crippen LogP contribution is -2.57. The summed E-state index contributed by atoms with van der Waals surface area (Å²) in [6.07, 6.45) is 2.80. The van der Waals surface area contributed by atoms with Gasteiger partial charge < -0.3 is 5.32 Å². The van der Waals surface area contributed by atoms with Crippen molar-refractivity contribution in [2.45, 2.75) is 32.2 Å². The van der Waals surface area contributed by atoms with Crippen LogP contribution >= 0.6 is 0 Å². The number of rotatable bonds is 5. The van der Waals surface area contributed by atoms with Gasteiger partial charge in [-0.05, 0) is 24.5 Å². The summed E-state index contributed by atoms with van der Waals surface area (Å²) in [7, 11) is 0. The Labute approximate surface area is 132 Å². The molecule has 1 aromatic carbocycles. The van der Waals surface area contributed by atoms with Crippen LogP contribution in [0.25, 0.3) is 0 Å². The Morgan fingerprint density at radius 3 is 2.82 bits per heavy atom. The zero-order chi connectivity index (χ0) is 15.4. The second kappa shape index (κ2) is 7.22. The van der Waals surface area contributed by atoms with E-state index in [0.29, 0.717) is 6.61 Å². The highest BCUT2D eigenvalue weighted by Gasteiger charge is 2.37. The third-order valence-electron chi connectivity index (χ3n) is 4.42. The number of para-hydroxylation sites is 1. The third kappa shape index (κ3) is 3.16. The number of hydrogen-bond acceptors (Lipinski definition) is 4. The zero-order valence-corrected chi connectivity index (χ0v) is 13.3. The van der Waals surface area contributed by atoms with Crippen molar-refractivity contribution in [1.29, 1.82) is 0 Å². The molecule has 1 amide bonds. The molecule has 0 spiro atoms. The van der Waals surface area contributed by atoms with E-state index in [1.165, 1.54) is 5.56 Å². The van der Waals surface area contributed by atoms with Gasteiger partial charge in [0.1, 0.15) is 0 Å². The Balaban J connectivity index is 1.81. The highest BCUT2D eigenvalue weighted by molar-refractivity contribution is 5.98. The molecule has 2 aliphatic heterocycles. The molecule has 5 nitrogen and oxygen atoms in total. The van der Waals surface area contributed by atoms with E-state index in [1.807, 2.05) is 18.2 Å². The quantitative estimate of drug-likeness (QED) is 0.839. The summed E-state index contributed by atoms with van der Waals surface area (Å²) in [6, 6.07) is 7.99. The first-order chi connectivity index (χ1) is 10.8. The van der Waals surface area contributed by atoms with Crippen molar-refractivity contribution < 1.29 is 9.63 Å². The molecule has 120 valence electrons. The first-order valence-electron chi connectivity index (χ1n) is 8.31. The minimum absolute atomic E-state index is 0.0803. The first kappa shape index (κ1) is 15.5. The number of nitrogens with one attached hydrogen (secondary N) is 1. The van der Waals surface area contributed by atoms with Crippen LogP contribution in [-0.2, 0) is 16.1 Å². The molecule has 0 aromatic heterocycles. The van der Waals surface area contributed by atoms with Crippen molar-refractivity contribution in [2.24, 2.45) is 0 Å². The second-order valence-electron chi connectivity index (χ2n) is 5.95. The number of carbonyl (C=O) groups is 1. The van der Waals surface area contributed by atoms with Crippen LogP contribution in [-0.4, -0.2) is 49.6 Å². The molecule has 0 bridgehead atoms. The molecule has 0 aliphatic carbocycles. The smallest absolute Gasteiger partial charge is 0.268 e. The van der Waals surface area contributed by atoms with Crippen molar-refractivity contribution in [3.05, 3.63) is 29.8 Å². The van der Waals surface area contributed by atoms with E-state index >= 15 is 0 Å². The number of hydrogen-bond donors (Lipinski definition) is 1. The van der Waals surface area contributed by atoms with Crippen molar-refractivity contribution in [3.8, 4) is 0 Å². The number of carbonyl (C=O) groups excluding carboxylic acids is 1. The fourth-order valence-corrected chi connectivity index (χ4v) is 3.14. The molecule has 1 atom stereocenters. The minimum atomic E-state index is -0.0985. The molecular formula is C17H25N3O2. The summed E-state index contributed by atoms with van der Waals surface area (Å²) >= 11 is 0. The largest absolute Gasteiger partial charge is 0.314 e. The van der Waals surface area contributed by atoms with Gasteiger partial charge in [0.15, 0.2) is 0 Å². The maximum atomic E-state index is 12.9. The van der Waals surface area contributed by atoms with E-state index in [-0.39, 0.29) is 11.9 Å². The number of unbranched alkanes of at least 4 members (excludes halogenated alkanes) is 1. The highest BCUT2D eigenvalue weighted by Crippen LogP contribution is 2.30. The van der Waals surface area contributed by atoms with Crippen LogP contribution in [0.15, 0.2) is 24.3 Å². The normalized spacial score (nSPS) is 22.7. The summed E-state index contributed by atoms with van der Waals surface area (Å²) in [5.74, 6) is 0.0803. The van der Waals surface area contributed by atoms with Gasteiger partial charge in [-0.3, -0.25) is 14.5 Å². The third-order valence-corrected chi connectivity index (χ3v) is 4.42. The molecule has 3 rings (SSSR count).